The Kier molecular flexibility index (Phi) is 4.01. The van der Waals surface area contributed by atoms with Crippen molar-refractivity contribution >= 4 is 20.2 Å². The van der Waals surface area contributed by atoms with Crippen LogP contribution in [0.4, 0.5) is 0 Å². The van der Waals surface area contributed by atoms with Crippen LogP contribution in [0, 0.1) is 0 Å². The van der Waals surface area contributed by atoms with Crippen LogP contribution in [0.3, 0.4) is 0 Å². The molecule has 0 spiro atoms. The summed E-state index contributed by atoms with van der Waals surface area (Å²) in [5.74, 6) is -0.510. The number of rotatable bonds is 4. The van der Waals surface area contributed by atoms with Crippen LogP contribution in [0.25, 0.3) is 5.57 Å². The van der Waals surface area contributed by atoms with Crippen LogP contribution >= 0.6 is 8.69 Å². The van der Waals surface area contributed by atoms with Crippen molar-refractivity contribution in [1.82, 2.24) is 0 Å². The van der Waals surface area contributed by atoms with Crippen LogP contribution in [-0.2, 0) is 9.36 Å². The van der Waals surface area contributed by atoms with E-state index >= 15 is 0 Å². The molecule has 15 heavy (non-hydrogen) atoms. The summed E-state index contributed by atoms with van der Waals surface area (Å²) in [5, 5.41) is 8.54. The first kappa shape index (κ1) is 11.4. The largest absolute Gasteiger partial charge is 0.478 e. The summed E-state index contributed by atoms with van der Waals surface area (Å²) in [7, 11) is -0.408. The van der Waals surface area contributed by atoms with E-state index in [1.165, 1.54) is 0 Å². The number of carboxylic acid groups (broad SMARTS) is 1. The molecule has 0 aromatic heterocycles. The van der Waals surface area contributed by atoms with Crippen LogP contribution in [0.2, 0.25) is 0 Å². The normalized spacial score (nSPS) is 11.4. The molecule has 0 saturated heterocycles. The third-order valence-electron chi connectivity index (χ3n) is 1.79. The Morgan fingerprint density at radius 1 is 1.40 bits per heavy atom. The lowest BCUT2D eigenvalue weighted by Gasteiger charge is -2.01. The van der Waals surface area contributed by atoms with Crippen LogP contribution in [0.15, 0.2) is 30.3 Å². The van der Waals surface area contributed by atoms with Gasteiger partial charge in [0.15, 0.2) is 0 Å². The van der Waals surface area contributed by atoms with E-state index in [1.54, 1.807) is 31.2 Å². The predicted molar refractivity (Wildman–Crippen MR) is 56.0 cm³/mol. The van der Waals surface area contributed by atoms with Gasteiger partial charge in [-0.05, 0) is 30.2 Å². The van der Waals surface area contributed by atoms with Gasteiger partial charge in [-0.25, -0.2) is 9.36 Å². The van der Waals surface area contributed by atoms with Gasteiger partial charge in [0.1, 0.15) is 5.75 Å². The van der Waals surface area contributed by atoms with E-state index in [9.17, 15) is 9.36 Å². The Morgan fingerprint density at radius 3 is 2.47 bits per heavy atom. The summed E-state index contributed by atoms with van der Waals surface area (Å²) in [6, 6.07) is 6.66. The van der Waals surface area contributed by atoms with Gasteiger partial charge in [-0.15, -0.1) is 0 Å². The molecule has 0 radical (unpaired) electrons. The number of hydrogen-bond donors (Lipinski definition) is 1. The monoisotopic (exact) mass is 224 g/mol. The van der Waals surface area contributed by atoms with Gasteiger partial charge < -0.3 is 9.63 Å². The second kappa shape index (κ2) is 5.27. The number of carbonyl (C=O) groups is 1. The molecule has 1 aromatic carbocycles. The van der Waals surface area contributed by atoms with Crippen molar-refractivity contribution in [3.8, 4) is 5.75 Å². The van der Waals surface area contributed by atoms with Crippen LogP contribution in [0.5, 0.6) is 5.75 Å². The fourth-order valence-electron chi connectivity index (χ4n) is 1.09. The summed E-state index contributed by atoms with van der Waals surface area (Å²) in [6.07, 6.45) is 1.13. The average molecular weight is 224 g/mol. The first-order chi connectivity index (χ1) is 7.13. The molecule has 0 bridgehead atoms. The molecule has 78 valence electrons. The minimum atomic E-state index is -0.981. The van der Waals surface area contributed by atoms with E-state index in [4.69, 9.17) is 9.63 Å². The van der Waals surface area contributed by atoms with Gasteiger partial charge in [0.25, 0.3) is 0 Å². The molecule has 5 heteroatoms. The van der Waals surface area contributed by atoms with E-state index in [1.807, 2.05) is 0 Å². The molecule has 0 aliphatic rings. The SMILES string of the molecule is C/C(=C\C(=O)O)c1ccc(OP=O)cc1. The van der Waals surface area contributed by atoms with Crippen molar-refractivity contribution in [3.63, 3.8) is 0 Å². The predicted octanol–water partition coefficient (Wildman–Crippen LogP) is 2.76. The maximum atomic E-state index is 10.4. The van der Waals surface area contributed by atoms with Crippen molar-refractivity contribution in [1.29, 1.82) is 0 Å². The van der Waals surface area contributed by atoms with Gasteiger partial charge in [-0.3, -0.25) is 0 Å². The zero-order chi connectivity index (χ0) is 11.3. The van der Waals surface area contributed by atoms with Crippen LogP contribution in [-0.4, -0.2) is 11.1 Å². The molecule has 4 nitrogen and oxygen atoms in total. The molecule has 1 aromatic rings. The number of hydrogen-bond acceptors (Lipinski definition) is 3. The van der Waals surface area contributed by atoms with Crippen molar-refractivity contribution < 1.29 is 19.0 Å². The second-order valence-electron chi connectivity index (χ2n) is 2.86. The third kappa shape index (κ3) is 3.52. The number of carboxylic acids is 1. The minimum absolute atomic E-state index is 0.408. The Labute approximate surface area is 88.5 Å². The van der Waals surface area contributed by atoms with Crippen molar-refractivity contribution in [2.45, 2.75) is 6.92 Å². The maximum Gasteiger partial charge on any atom is 0.395 e. The topological polar surface area (TPSA) is 63.6 Å². The molecule has 1 N–H and O–H groups in total. The summed E-state index contributed by atoms with van der Waals surface area (Å²) in [5.41, 5.74) is 1.43. The standard InChI is InChI=1S/C10H9O4P/c1-7(6-10(11)12)8-2-4-9(5-3-8)14-15-13/h2-6H,1H3,(H,11,12)/b7-6+. The molecule has 1 rings (SSSR count). The smallest absolute Gasteiger partial charge is 0.395 e. The van der Waals surface area contributed by atoms with Gasteiger partial charge in [-0.1, -0.05) is 12.1 Å². The number of benzene rings is 1. The van der Waals surface area contributed by atoms with Gasteiger partial charge in [0, 0.05) is 6.08 Å². The number of allylic oxidation sites excluding steroid dienone is 1. The Morgan fingerprint density at radius 2 is 2.00 bits per heavy atom. The van der Waals surface area contributed by atoms with Gasteiger partial charge in [0.2, 0.25) is 0 Å². The highest BCUT2D eigenvalue weighted by Crippen LogP contribution is 2.20. The van der Waals surface area contributed by atoms with Crippen LogP contribution in [0.1, 0.15) is 12.5 Å². The highest BCUT2D eigenvalue weighted by atomic mass is 31.1. The molecule has 0 fully saturated rings. The van der Waals surface area contributed by atoms with Crippen LogP contribution < -0.4 is 4.52 Å². The van der Waals surface area contributed by atoms with E-state index < -0.39 is 14.7 Å². The van der Waals surface area contributed by atoms with E-state index in [2.05, 4.69) is 0 Å². The minimum Gasteiger partial charge on any atom is -0.478 e. The van der Waals surface area contributed by atoms with Crippen molar-refractivity contribution in [2.24, 2.45) is 0 Å². The first-order valence-corrected chi connectivity index (χ1v) is 4.88. The third-order valence-corrected chi connectivity index (χ3v) is 2.08. The lowest BCUT2D eigenvalue weighted by molar-refractivity contribution is -0.131. The summed E-state index contributed by atoms with van der Waals surface area (Å²) < 4.78 is 14.8. The summed E-state index contributed by atoms with van der Waals surface area (Å²) in [6.45, 7) is 1.70. The van der Waals surface area contributed by atoms with Gasteiger partial charge in [0.05, 0.1) is 0 Å². The summed E-state index contributed by atoms with van der Waals surface area (Å²) >= 11 is 0. The molecule has 0 atom stereocenters. The maximum absolute atomic E-state index is 10.4. The highest BCUT2D eigenvalue weighted by Gasteiger charge is 1.99. The molecule has 0 aliphatic carbocycles. The molecule has 0 saturated carbocycles. The zero-order valence-corrected chi connectivity index (χ0v) is 8.90. The zero-order valence-electron chi connectivity index (χ0n) is 8.01. The van der Waals surface area contributed by atoms with Gasteiger partial charge >= 0.3 is 14.7 Å². The lowest BCUT2D eigenvalue weighted by Crippen LogP contribution is -1.89. The van der Waals surface area contributed by atoms with Crippen molar-refractivity contribution in [3.05, 3.63) is 35.9 Å². The fourth-order valence-corrected chi connectivity index (χ4v) is 1.30. The van der Waals surface area contributed by atoms with E-state index in [0.29, 0.717) is 11.3 Å². The quantitative estimate of drug-likeness (QED) is 0.630. The van der Waals surface area contributed by atoms with Crippen molar-refractivity contribution in [2.75, 3.05) is 0 Å². The lowest BCUT2D eigenvalue weighted by atomic mass is 10.1. The Balaban J connectivity index is 2.88. The molecule has 0 aliphatic heterocycles. The Bertz CT molecular complexity index is 394. The average Bonchev–Trinajstić information content (AvgIpc) is 2.18. The summed E-state index contributed by atoms with van der Waals surface area (Å²) in [4.78, 5) is 10.4. The Hall–Kier alpha value is -1.67. The molecule has 0 amide bonds. The molecule has 0 heterocycles. The van der Waals surface area contributed by atoms with E-state index in [0.717, 1.165) is 11.6 Å². The number of aliphatic carboxylic acids is 1. The fraction of sp³-hybridized carbons (Fsp3) is 0.100. The molecule has 0 unspecified atom stereocenters. The van der Waals surface area contributed by atoms with E-state index in [-0.39, 0.29) is 0 Å². The highest BCUT2D eigenvalue weighted by molar-refractivity contribution is 7.17. The van der Waals surface area contributed by atoms with Gasteiger partial charge in [-0.2, -0.15) is 0 Å². The molecular formula is C10H9O4P. The molecular weight excluding hydrogens is 215 g/mol. The first-order valence-electron chi connectivity index (χ1n) is 4.15. The second-order valence-corrected chi connectivity index (χ2v) is 3.19.